The van der Waals surface area contributed by atoms with Crippen molar-refractivity contribution >= 4 is 43.7 Å². The van der Waals surface area contributed by atoms with Gasteiger partial charge in [-0.15, -0.1) is 0 Å². The van der Waals surface area contributed by atoms with Crippen LogP contribution in [-0.2, 0) is 9.59 Å². The molecule has 2 amide bonds. The van der Waals surface area contributed by atoms with E-state index in [9.17, 15) is 9.59 Å². The van der Waals surface area contributed by atoms with Crippen LogP contribution in [0, 0.1) is 0 Å². The Morgan fingerprint density at radius 3 is 2.40 bits per heavy atom. The van der Waals surface area contributed by atoms with E-state index in [-0.39, 0.29) is 6.61 Å². The number of carbonyl (C=O) groups is 2. The molecule has 30 heavy (non-hydrogen) atoms. The standard InChI is InChI=1S/C22H26Br2N2O4/c1-4-14(3)16-8-6-7-9-19(16)30-18(5-2)22(28)26-25-21(27)13-29-20-11-10-15(23)12-17(20)24/h6-12,14,18H,4-5,13H2,1-3H3,(H,25,27)(H,26,28). The molecule has 0 heterocycles. The fourth-order valence-electron chi connectivity index (χ4n) is 2.67. The highest BCUT2D eigenvalue weighted by atomic mass is 79.9. The maximum atomic E-state index is 12.5. The molecule has 0 radical (unpaired) electrons. The van der Waals surface area contributed by atoms with Gasteiger partial charge in [0.1, 0.15) is 11.5 Å². The number of halogens is 2. The maximum absolute atomic E-state index is 12.5. The molecule has 2 aromatic rings. The zero-order chi connectivity index (χ0) is 22.1. The van der Waals surface area contributed by atoms with E-state index < -0.39 is 17.9 Å². The molecule has 6 nitrogen and oxygen atoms in total. The summed E-state index contributed by atoms with van der Waals surface area (Å²) in [6.07, 6.45) is 0.698. The number of nitrogens with one attached hydrogen (secondary N) is 2. The summed E-state index contributed by atoms with van der Waals surface area (Å²) < 4.78 is 13.0. The molecule has 0 aromatic heterocycles. The lowest BCUT2D eigenvalue weighted by atomic mass is 9.98. The maximum Gasteiger partial charge on any atom is 0.279 e. The molecule has 2 aromatic carbocycles. The lowest BCUT2D eigenvalue weighted by Crippen LogP contribution is -2.49. The first-order chi connectivity index (χ1) is 14.3. The number of para-hydroxylation sites is 1. The van der Waals surface area contributed by atoms with E-state index in [0.29, 0.717) is 28.3 Å². The summed E-state index contributed by atoms with van der Waals surface area (Å²) in [7, 11) is 0. The van der Waals surface area contributed by atoms with Gasteiger partial charge in [-0.25, -0.2) is 0 Å². The first kappa shape index (κ1) is 24.2. The highest BCUT2D eigenvalue weighted by molar-refractivity contribution is 9.11. The number of benzene rings is 2. The van der Waals surface area contributed by atoms with Crippen molar-refractivity contribution in [2.24, 2.45) is 0 Å². The Morgan fingerprint density at radius 1 is 1.00 bits per heavy atom. The van der Waals surface area contributed by atoms with Crippen LogP contribution < -0.4 is 20.3 Å². The Bertz CT molecular complexity index is 876. The van der Waals surface area contributed by atoms with E-state index in [2.05, 4.69) is 56.6 Å². The molecule has 0 aliphatic heterocycles. The van der Waals surface area contributed by atoms with Crippen LogP contribution in [0.2, 0.25) is 0 Å². The molecule has 0 aliphatic rings. The van der Waals surface area contributed by atoms with Gasteiger partial charge in [0.15, 0.2) is 12.7 Å². The highest BCUT2D eigenvalue weighted by Crippen LogP contribution is 2.30. The summed E-state index contributed by atoms with van der Waals surface area (Å²) in [5, 5.41) is 0. The third-order valence-electron chi connectivity index (χ3n) is 4.57. The van der Waals surface area contributed by atoms with E-state index in [4.69, 9.17) is 9.47 Å². The SMILES string of the molecule is CCC(Oc1ccccc1C(C)CC)C(=O)NNC(=O)COc1ccc(Br)cc1Br. The van der Waals surface area contributed by atoms with Gasteiger partial charge in [-0.05, 0) is 64.5 Å². The summed E-state index contributed by atoms with van der Waals surface area (Å²) in [6.45, 7) is 5.84. The Balaban J connectivity index is 1.89. The fraction of sp³-hybridized carbons (Fsp3) is 0.364. The smallest absolute Gasteiger partial charge is 0.279 e. The molecule has 0 saturated carbocycles. The van der Waals surface area contributed by atoms with Crippen molar-refractivity contribution in [3.05, 3.63) is 57.0 Å². The van der Waals surface area contributed by atoms with E-state index in [1.165, 1.54) is 0 Å². The average Bonchev–Trinajstić information content (AvgIpc) is 2.74. The molecule has 2 unspecified atom stereocenters. The second-order valence-electron chi connectivity index (χ2n) is 6.76. The third-order valence-corrected chi connectivity index (χ3v) is 5.69. The van der Waals surface area contributed by atoms with Crippen LogP contribution in [0.1, 0.15) is 45.1 Å². The van der Waals surface area contributed by atoms with Crippen LogP contribution in [0.3, 0.4) is 0 Å². The molecule has 0 saturated heterocycles. The zero-order valence-electron chi connectivity index (χ0n) is 17.2. The van der Waals surface area contributed by atoms with Gasteiger partial charge in [0.05, 0.1) is 4.47 Å². The topological polar surface area (TPSA) is 76.7 Å². The summed E-state index contributed by atoms with van der Waals surface area (Å²) in [6, 6.07) is 13.1. The normalized spacial score (nSPS) is 12.6. The van der Waals surface area contributed by atoms with E-state index in [0.717, 1.165) is 16.5 Å². The minimum absolute atomic E-state index is 0.241. The van der Waals surface area contributed by atoms with Crippen LogP contribution in [0.4, 0.5) is 0 Å². The van der Waals surface area contributed by atoms with E-state index in [1.54, 1.807) is 12.1 Å². The van der Waals surface area contributed by atoms with Crippen LogP contribution in [-0.4, -0.2) is 24.5 Å². The van der Waals surface area contributed by atoms with Gasteiger partial charge in [-0.1, -0.05) is 54.9 Å². The van der Waals surface area contributed by atoms with Gasteiger partial charge in [0.25, 0.3) is 11.8 Å². The van der Waals surface area contributed by atoms with Gasteiger partial charge >= 0.3 is 0 Å². The molecule has 0 fully saturated rings. The Hall–Kier alpha value is -2.06. The second kappa shape index (κ2) is 12.0. The number of amides is 2. The monoisotopic (exact) mass is 540 g/mol. The Morgan fingerprint density at radius 2 is 1.73 bits per heavy atom. The van der Waals surface area contributed by atoms with E-state index in [1.807, 2.05) is 37.3 Å². The predicted molar refractivity (Wildman–Crippen MR) is 123 cm³/mol. The third kappa shape index (κ3) is 7.02. The number of carbonyl (C=O) groups excluding carboxylic acids is 2. The molecule has 162 valence electrons. The summed E-state index contributed by atoms with van der Waals surface area (Å²) in [5.41, 5.74) is 5.84. The van der Waals surface area contributed by atoms with Gasteiger partial charge in [-0.2, -0.15) is 0 Å². The molecular weight excluding hydrogens is 516 g/mol. The molecule has 0 aliphatic carbocycles. The fourth-order valence-corrected chi connectivity index (χ4v) is 3.84. The largest absolute Gasteiger partial charge is 0.483 e. The van der Waals surface area contributed by atoms with Crippen LogP contribution in [0.5, 0.6) is 11.5 Å². The van der Waals surface area contributed by atoms with Crippen molar-refractivity contribution < 1.29 is 19.1 Å². The number of ether oxygens (including phenoxy) is 2. The van der Waals surface area contributed by atoms with Crippen LogP contribution >= 0.6 is 31.9 Å². The number of hydrogen-bond acceptors (Lipinski definition) is 4. The van der Waals surface area contributed by atoms with E-state index >= 15 is 0 Å². The van der Waals surface area contributed by atoms with Crippen molar-refractivity contribution in [2.45, 2.75) is 45.6 Å². The molecule has 2 atom stereocenters. The highest BCUT2D eigenvalue weighted by Gasteiger charge is 2.21. The number of hydrazine groups is 1. The van der Waals surface area contributed by atoms with Gasteiger partial charge in [-0.3, -0.25) is 20.4 Å². The molecule has 0 spiro atoms. The number of hydrogen-bond donors (Lipinski definition) is 2. The molecule has 0 bridgehead atoms. The Labute approximate surface area is 193 Å². The van der Waals surface area contributed by atoms with Crippen molar-refractivity contribution in [3.8, 4) is 11.5 Å². The van der Waals surface area contributed by atoms with Crippen molar-refractivity contribution in [3.63, 3.8) is 0 Å². The average molecular weight is 542 g/mol. The molecule has 2 N–H and O–H groups in total. The van der Waals surface area contributed by atoms with Crippen molar-refractivity contribution in [1.82, 2.24) is 10.9 Å². The van der Waals surface area contributed by atoms with Gasteiger partial charge < -0.3 is 9.47 Å². The number of rotatable bonds is 9. The van der Waals surface area contributed by atoms with Crippen molar-refractivity contribution in [1.29, 1.82) is 0 Å². The summed E-state index contributed by atoms with van der Waals surface area (Å²) >= 11 is 6.72. The van der Waals surface area contributed by atoms with Gasteiger partial charge in [0, 0.05) is 4.47 Å². The second-order valence-corrected chi connectivity index (χ2v) is 8.53. The van der Waals surface area contributed by atoms with Crippen molar-refractivity contribution in [2.75, 3.05) is 6.61 Å². The molecular formula is C22H26Br2N2O4. The molecule has 8 heteroatoms. The summed E-state index contributed by atoms with van der Waals surface area (Å²) in [4.78, 5) is 24.5. The Kier molecular flexibility index (Phi) is 9.65. The minimum Gasteiger partial charge on any atom is -0.483 e. The minimum atomic E-state index is -0.725. The van der Waals surface area contributed by atoms with Crippen LogP contribution in [0.25, 0.3) is 0 Å². The quantitative estimate of drug-likeness (QED) is 0.432. The molecule has 2 rings (SSSR count). The predicted octanol–water partition coefficient (Wildman–Crippen LogP) is 5.11. The first-order valence-electron chi connectivity index (χ1n) is 9.77. The summed E-state index contributed by atoms with van der Waals surface area (Å²) in [5.74, 6) is 0.624. The van der Waals surface area contributed by atoms with Crippen LogP contribution in [0.15, 0.2) is 51.4 Å². The first-order valence-corrected chi connectivity index (χ1v) is 11.4. The van der Waals surface area contributed by atoms with Gasteiger partial charge in [0.2, 0.25) is 0 Å². The lowest BCUT2D eigenvalue weighted by Gasteiger charge is -2.21. The lowest BCUT2D eigenvalue weighted by molar-refractivity contribution is -0.134. The zero-order valence-corrected chi connectivity index (χ0v) is 20.4.